The molecule has 1 aliphatic carbocycles. The highest BCUT2D eigenvalue weighted by atomic mass is 14.1. The first-order valence-electron chi connectivity index (χ1n) is 6.46. The number of hydrogen-bond acceptors (Lipinski definition) is 0. The third-order valence-corrected chi connectivity index (χ3v) is 3.23. The zero-order chi connectivity index (χ0) is 13.7. The Morgan fingerprint density at radius 1 is 1.32 bits per heavy atom. The van der Waals surface area contributed by atoms with E-state index < -0.39 is 0 Å². The molecule has 0 amide bonds. The molecule has 1 aromatic carbocycles. The Morgan fingerprint density at radius 2 is 2.11 bits per heavy atom. The Morgan fingerprint density at radius 3 is 2.89 bits per heavy atom. The number of aryl methyl sites for hydroxylation is 1. The highest BCUT2D eigenvalue weighted by Crippen LogP contribution is 2.23. The summed E-state index contributed by atoms with van der Waals surface area (Å²) in [7, 11) is 0. The van der Waals surface area contributed by atoms with Crippen LogP contribution in [0.15, 0.2) is 66.3 Å². The largest absolute Gasteiger partial charge is 0.0937 e. The van der Waals surface area contributed by atoms with Crippen LogP contribution >= 0.6 is 0 Å². The first-order valence-corrected chi connectivity index (χ1v) is 6.46. The van der Waals surface area contributed by atoms with Gasteiger partial charge in [0, 0.05) is 6.42 Å². The van der Waals surface area contributed by atoms with Crippen molar-refractivity contribution in [3.05, 3.63) is 77.4 Å². The van der Waals surface area contributed by atoms with Crippen LogP contribution in [0, 0.1) is 18.8 Å². The minimum Gasteiger partial charge on any atom is -0.0937 e. The van der Waals surface area contributed by atoms with E-state index in [4.69, 9.17) is 0 Å². The lowest BCUT2D eigenvalue weighted by Gasteiger charge is -2.08. The molecule has 0 spiro atoms. The first-order chi connectivity index (χ1) is 9.18. The zero-order valence-corrected chi connectivity index (χ0v) is 11.5. The van der Waals surface area contributed by atoms with Gasteiger partial charge in [0.2, 0.25) is 0 Å². The highest BCUT2D eigenvalue weighted by molar-refractivity contribution is 5.70. The molecule has 1 aliphatic rings. The van der Waals surface area contributed by atoms with E-state index in [2.05, 4.69) is 68.7 Å². The lowest BCUT2D eigenvalue weighted by Crippen LogP contribution is -1.88. The maximum absolute atomic E-state index is 4.17. The van der Waals surface area contributed by atoms with Gasteiger partial charge in [-0.3, -0.25) is 0 Å². The van der Waals surface area contributed by atoms with Crippen molar-refractivity contribution in [2.24, 2.45) is 0 Å². The fraction of sp³-hybridized carbons (Fsp3) is 0.158. The molecule has 0 atom stereocenters. The van der Waals surface area contributed by atoms with Crippen LogP contribution in [0.25, 0.3) is 5.57 Å². The molecule has 1 aromatic rings. The third-order valence-electron chi connectivity index (χ3n) is 3.23. The van der Waals surface area contributed by atoms with Crippen molar-refractivity contribution in [3.63, 3.8) is 0 Å². The Balaban J connectivity index is 2.25. The van der Waals surface area contributed by atoms with E-state index in [9.17, 15) is 0 Å². The van der Waals surface area contributed by atoms with Crippen molar-refractivity contribution in [1.82, 2.24) is 0 Å². The molecule has 94 valence electrons. The summed E-state index contributed by atoms with van der Waals surface area (Å²) in [5.74, 6) is 6.09. The molecule has 0 unspecified atom stereocenters. The number of benzene rings is 1. The van der Waals surface area contributed by atoms with Gasteiger partial charge in [-0.25, -0.2) is 0 Å². The van der Waals surface area contributed by atoms with Crippen molar-refractivity contribution in [2.75, 3.05) is 0 Å². The molecule has 0 saturated carbocycles. The van der Waals surface area contributed by atoms with Crippen LogP contribution in [0.2, 0.25) is 0 Å². The molecule has 0 aromatic heterocycles. The topological polar surface area (TPSA) is 0 Å². The molecular formula is C19H18. The quantitative estimate of drug-likeness (QED) is 0.528. The fourth-order valence-electron chi connectivity index (χ4n) is 2.14. The zero-order valence-electron chi connectivity index (χ0n) is 11.5. The second-order valence-electron chi connectivity index (χ2n) is 4.72. The second-order valence-corrected chi connectivity index (χ2v) is 4.72. The van der Waals surface area contributed by atoms with Gasteiger partial charge in [0.1, 0.15) is 0 Å². The van der Waals surface area contributed by atoms with E-state index in [0.717, 1.165) is 12.0 Å². The van der Waals surface area contributed by atoms with Gasteiger partial charge >= 0.3 is 0 Å². The summed E-state index contributed by atoms with van der Waals surface area (Å²) in [5, 5.41) is 0. The lowest BCUT2D eigenvalue weighted by atomic mass is 9.97. The van der Waals surface area contributed by atoms with Crippen LogP contribution in [0.3, 0.4) is 0 Å². The molecular weight excluding hydrogens is 228 g/mol. The molecule has 0 saturated heterocycles. The van der Waals surface area contributed by atoms with E-state index in [0.29, 0.717) is 0 Å². The highest BCUT2D eigenvalue weighted by Gasteiger charge is 2.03. The second kappa shape index (κ2) is 6.07. The van der Waals surface area contributed by atoms with Crippen molar-refractivity contribution in [3.8, 4) is 11.8 Å². The number of allylic oxidation sites excluding steroid dienone is 7. The van der Waals surface area contributed by atoms with Crippen LogP contribution < -0.4 is 0 Å². The van der Waals surface area contributed by atoms with E-state index in [-0.39, 0.29) is 0 Å². The van der Waals surface area contributed by atoms with Crippen LogP contribution in [-0.4, -0.2) is 0 Å². The maximum Gasteiger partial charge on any atom is 0.0349 e. The molecule has 0 heteroatoms. The van der Waals surface area contributed by atoms with E-state index in [1.165, 1.54) is 22.3 Å². The SMILES string of the molecule is C=C(/C=C(/C)c1ccccc1C)C1=CC=CC#CC1. The van der Waals surface area contributed by atoms with Gasteiger partial charge in [-0.1, -0.05) is 60.9 Å². The third kappa shape index (κ3) is 3.36. The molecule has 0 bridgehead atoms. The Kier molecular flexibility index (Phi) is 4.21. The molecule has 0 fully saturated rings. The van der Waals surface area contributed by atoms with Gasteiger partial charge in [-0.15, -0.1) is 0 Å². The van der Waals surface area contributed by atoms with Crippen LogP contribution in [0.5, 0.6) is 0 Å². The minimum absolute atomic E-state index is 0.767. The normalized spacial score (nSPS) is 14.2. The monoisotopic (exact) mass is 246 g/mol. The van der Waals surface area contributed by atoms with Crippen LogP contribution in [0.4, 0.5) is 0 Å². The summed E-state index contributed by atoms with van der Waals surface area (Å²) in [6.07, 6.45) is 8.85. The predicted molar refractivity (Wildman–Crippen MR) is 83.6 cm³/mol. The molecule has 2 rings (SSSR count). The Hall–Kier alpha value is -2.26. The average Bonchev–Trinajstić information content (AvgIpc) is 2.68. The summed E-state index contributed by atoms with van der Waals surface area (Å²) in [6.45, 7) is 8.43. The van der Waals surface area contributed by atoms with E-state index in [1.807, 2.05) is 12.2 Å². The van der Waals surface area contributed by atoms with E-state index >= 15 is 0 Å². The average molecular weight is 246 g/mol. The van der Waals surface area contributed by atoms with Crippen molar-refractivity contribution < 1.29 is 0 Å². The number of hydrogen-bond donors (Lipinski definition) is 0. The summed E-state index contributed by atoms with van der Waals surface area (Å²) >= 11 is 0. The minimum atomic E-state index is 0.767. The molecule has 0 aliphatic heterocycles. The summed E-state index contributed by atoms with van der Waals surface area (Å²) < 4.78 is 0. The molecule has 19 heavy (non-hydrogen) atoms. The van der Waals surface area contributed by atoms with Crippen molar-refractivity contribution in [2.45, 2.75) is 20.3 Å². The van der Waals surface area contributed by atoms with Gasteiger partial charge in [-0.2, -0.15) is 0 Å². The molecule has 0 nitrogen and oxygen atoms in total. The predicted octanol–water partition coefficient (Wildman–Crippen LogP) is 4.84. The Labute approximate surface area is 115 Å². The van der Waals surface area contributed by atoms with Crippen molar-refractivity contribution in [1.29, 1.82) is 0 Å². The lowest BCUT2D eigenvalue weighted by molar-refractivity contribution is 1.29. The van der Waals surface area contributed by atoms with Crippen LogP contribution in [0.1, 0.15) is 24.5 Å². The number of rotatable bonds is 3. The van der Waals surface area contributed by atoms with Gasteiger partial charge in [0.15, 0.2) is 0 Å². The van der Waals surface area contributed by atoms with Gasteiger partial charge in [0.05, 0.1) is 0 Å². The van der Waals surface area contributed by atoms with E-state index in [1.54, 1.807) is 0 Å². The van der Waals surface area contributed by atoms with Gasteiger partial charge in [0.25, 0.3) is 0 Å². The standard InChI is InChI=1S/C19H18/c1-15-10-8-9-13-19(15)17(3)14-16(2)18-11-6-4-5-7-12-18/h4,6,8-11,13-14H,2,12H2,1,3H3/b17-14-. The Bertz CT molecular complexity index is 640. The van der Waals surface area contributed by atoms with Gasteiger partial charge < -0.3 is 0 Å². The summed E-state index contributed by atoms with van der Waals surface area (Å²) in [6, 6.07) is 8.42. The molecule has 0 N–H and O–H groups in total. The summed E-state index contributed by atoms with van der Waals surface area (Å²) in [4.78, 5) is 0. The first kappa shape index (κ1) is 13.2. The van der Waals surface area contributed by atoms with Crippen molar-refractivity contribution >= 4 is 5.57 Å². The fourth-order valence-corrected chi connectivity index (χ4v) is 2.14. The molecule has 0 radical (unpaired) electrons. The van der Waals surface area contributed by atoms with Crippen LogP contribution in [-0.2, 0) is 0 Å². The maximum atomic E-state index is 4.17. The summed E-state index contributed by atoms with van der Waals surface area (Å²) in [5.41, 5.74) is 6.04. The molecule has 0 heterocycles. The van der Waals surface area contributed by atoms with Gasteiger partial charge in [-0.05, 0) is 47.8 Å². The smallest absolute Gasteiger partial charge is 0.0349 e.